The molecule has 0 fully saturated rings. The molecule has 3 nitrogen and oxygen atoms in total. The van der Waals surface area contributed by atoms with E-state index in [9.17, 15) is 0 Å². The maximum atomic E-state index is 6.05. The van der Waals surface area contributed by atoms with Gasteiger partial charge in [0.05, 0.1) is 5.69 Å². The number of anilines is 2. The highest BCUT2D eigenvalue weighted by Gasteiger charge is 2.14. The van der Waals surface area contributed by atoms with Crippen LogP contribution in [0.1, 0.15) is 32.8 Å². The van der Waals surface area contributed by atoms with Crippen molar-refractivity contribution in [2.45, 2.75) is 40.2 Å². The van der Waals surface area contributed by atoms with E-state index >= 15 is 0 Å². The highest BCUT2D eigenvalue weighted by molar-refractivity contribution is 5.66. The molecule has 0 saturated heterocycles. The van der Waals surface area contributed by atoms with E-state index in [1.54, 1.807) is 0 Å². The fourth-order valence-electron chi connectivity index (χ4n) is 1.63. The Morgan fingerprint density at radius 1 is 1.47 bits per heavy atom. The van der Waals surface area contributed by atoms with Crippen LogP contribution in [0.25, 0.3) is 0 Å². The van der Waals surface area contributed by atoms with Crippen molar-refractivity contribution in [3.63, 3.8) is 0 Å². The molecule has 0 atom stereocenters. The summed E-state index contributed by atoms with van der Waals surface area (Å²) in [7, 11) is 0. The zero-order valence-electron chi connectivity index (χ0n) is 10.1. The topological polar surface area (TPSA) is 42.2 Å². The van der Waals surface area contributed by atoms with Crippen LogP contribution in [0, 0.1) is 6.92 Å². The lowest BCUT2D eigenvalue weighted by atomic mass is 10.2. The molecule has 3 heteroatoms. The first-order chi connectivity index (χ1) is 7.07. The molecule has 0 aliphatic carbocycles. The second kappa shape index (κ2) is 5.01. The van der Waals surface area contributed by atoms with Crippen LogP contribution in [0.5, 0.6) is 0 Å². The number of aromatic nitrogens is 1. The molecule has 0 amide bonds. The number of pyridine rings is 1. The van der Waals surface area contributed by atoms with Crippen LogP contribution in [-0.2, 0) is 0 Å². The summed E-state index contributed by atoms with van der Waals surface area (Å²) >= 11 is 0. The summed E-state index contributed by atoms with van der Waals surface area (Å²) in [6.45, 7) is 9.52. The fraction of sp³-hybridized carbons (Fsp3) is 0.583. The molecular formula is C12H21N3. The molecule has 0 unspecified atom stereocenters. The standard InChI is InChI=1S/C12H21N3/c1-5-8-15(9(2)3)12-11(13)10(4)6-7-14-12/h6-7,9H,5,8,13H2,1-4H3. The summed E-state index contributed by atoms with van der Waals surface area (Å²) in [5, 5.41) is 0. The predicted octanol–water partition coefficient (Wildman–Crippen LogP) is 2.60. The molecule has 1 aromatic rings. The summed E-state index contributed by atoms with van der Waals surface area (Å²) in [5.41, 5.74) is 7.95. The van der Waals surface area contributed by atoms with Crippen molar-refractivity contribution in [2.75, 3.05) is 17.2 Å². The average molecular weight is 207 g/mol. The minimum atomic E-state index is 0.432. The summed E-state index contributed by atoms with van der Waals surface area (Å²) < 4.78 is 0. The van der Waals surface area contributed by atoms with Crippen molar-refractivity contribution < 1.29 is 0 Å². The zero-order valence-corrected chi connectivity index (χ0v) is 10.1. The molecule has 0 aliphatic rings. The number of hydrogen-bond acceptors (Lipinski definition) is 3. The second-order valence-electron chi connectivity index (χ2n) is 4.15. The van der Waals surface area contributed by atoms with Crippen molar-refractivity contribution in [1.29, 1.82) is 0 Å². The summed E-state index contributed by atoms with van der Waals surface area (Å²) in [4.78, 5) is 6.63. The van der Waals surface area contributed by atoms with Crippen molar-refractivity contribution in [1.82, 2.24) is 4.98 Å². The molecule has 2 N–H and O–H groups in total. The first-order valence-electron chi connectivity index (χ1n) is 5.55. The molecule has 0 aliphatic heterocycles. The molecule has 1 heterocycles. The van der Waals surface area contributed by atoms with Crippen LogP contribution >= 0.6 is 0 Å². The van der Waals surface area contributed by atoms with Gasteiger partial charge in [0.25, 0.3) is 0 Å². The highest BCUT2D eigenvalue weighted by atomic mass is 15.2. The Labute approximate surface area is 92.3 Å². The van der Waals surface area contributed by atoms with Crippen LogP contribution in [0.4, 0.5) is 11.5 Å². The lowest BCUT2D eigenvalue weighted by Crippen LogP contribution is -2.33. The van der Waals surface area contributed by atoms with E-state index in [1.807, 2.05) is 19.2 Å². The van der Waals surface area contributed by atoms with Crippen molar-refractivity contribution in [3.05, 3.63) is 17.8 Å². The third kappa shape index (κ3) is 2.61. The van der Waals surface area contributed by atoms with Crippen molar-refractivity contribution in [2.24, 2.45) is 0 Å². The van der Waals surface area contributed by atoms with Crippen molar-refractivity contribution >= 4 is 11.5 Å². The maximum Gasteiger partial charge on any atom is 0.152 e. The second-order valence-corrected chi connectivity index (χ2v) is 4.15. The van der Waals surface area contributed by atoms with Gasteiger partial charge in [0, 0.05) is 18.8 Å². The molecule has 1 aromatic heterocycles. The zero-order chi connectivity index (χ0) is 11.4. The Hall–Kier alpha value is -1.25. The van der Waals surface area contributed by atoms with Crippen molar-refractivity contribution in [3.8, 4) is 0 Å². The summed E-state index contributed by atoms with van der Waals surface area (Å²) in [6, 6.07) is 2.38. The van der Waals surface area contributed by atoms with E-state index < -0.39 is 0 Å². The Morgan fingerprint density at radius 3 is 2.67 bits per heavy atom. The number of hydrogen-bond donors (Lipinski definition) is 1. The van der Waals surface area contributed by atoms with Gasteiger partial charge in [-0.15, -0.1) is 0 Å². The maximum absolute atomic E-state index is 6.05. The number of nitrogens with zero attached hydrogens (tertiary/aromatic N) is 2. The van der Waals surface area contributed by atoms with Gasteiger partial charge in [0.1, 0.15) is 0 Å². The quantitative estimate of drug-likeness (QED) is 0.825. The summed E-state index contributed by atoms with van der Waals surface area (Å²) in [5.74, 6) is 0.923. The highest BCUT2D eigenvalue weighted by Crippen LogP contribution is 2.24. The lowest BCUT2D eigenvalue weighted by Gasteiger charge is -2.28. The Kier molecular flexibility index (Phi) is 3.95. The van der Waals surface area contributed by atoms with Gasteiger partial charge in [0.15, 0.2) is 5.82 Å². The summed E-state index contributed by atoms with van der Waals surface area (Å²) in [6.07, 6.45) is 2.93. The van der Waals surface area contributed by atoms with E-state index in [4.69, 9.17) is 5.73 Å². The fourth-order valence-corrected chi connectivity index (χ4v) is 1.63. The number of aryl methyl sites for hydroxylation is 1. The van der Waals surface area contributed by atoms with Gasteiger partial charge in [-0.3, -0.25) is 0 Å². The molecule has 0 aromatic carbocycles. The van der Waals surface area contributed by atoms with Gasteiger partial charge in [-0.2, -0.15) is 0 Å². The Balaban J connectivity index is 3.05. The lowest BCUT2D eigenvalue weighted by molar-refractivity contribution is 0.663. The minimum Gasteiger partial charge on any atom is -0.396 e. The first-order valence-corrected chi connectivity index (χ1v) is 5.55. The number of rotatable bonds is 4. The monoisotopic (exact) mass is 207 g/mol. The van der Waals surface area contributed by atoms with Gasteiger partial charge in [-0.05, 0) is 38.8 Å². The van der Waals surface area contributed by atoms with E-state index in [0.717, 1.165) is 30.0 Å². The van der Waals surface area contributed by atoms with Gasteiger partial charge >= 0.3 is 0 Å². The molecule has 84 valence electrons. The molecule has 0 radical (unpaired) electrons. The van der Waals surface area contributed by atoms with Crippen LogP contribution in [0.3, 0.4) is 0 Å². The van der Waals surface area contributed by atoms with Crippen LogP contribution < -0.4 is 10.6 Å². The Morgan fingerprint density at radius 2 is 2.13 bits per heavy atom. The van der Waals surface area contributed by atoms with E-state index in [2.05, 4.69) is 30.7 Å². The smallest absolute Gasteiger partial charge is 0.152 e. The molecule has 0 bridgehead atoms. The molecule has 0 spiro atoms. The van der Waals surface area contributed by atoms with Gasteiger partial charge in [-0.25, -0.2) is 4.98 Å². The van der Waals surface area contributed by atoms with E-state index in [-0.39, 0.29) is 0 Å². The minimum absolute atomic E-state index is 0.432. The Bertz CT molecular complexity index is 321. The largest absolute Gasteiger partial charge is 0.396 e. The average Bonchev–Trinajstić information content (AvgIpc) is 2.19. The van der Waals surface area contributed by atoms with Gasteiger partial charge in [0.2, 0.25) is 0 Å². The van der Waals surface area contributed by atoms with E-state index in [0.29, 0.717) is 6.04 Å². The molecule has 0 saturated carbocycles. The van der Waals surface area contributed by atoms with Gasteiger partial charge in [-0.1, -0.05) is 6.92 Å². The molecule has 1 rings (SSSR count). The van der Waals surface area contributed by atoms with Crippen LogP contribution in [-0.4, -0.2) is 17.6 Å². The van der Waals surface area contributed by atoms with Gasteiger partial charge < -0.3 is 10.6 Å². The number of nitrogen functional groups attached to an aromatic ring is 1. The normalized spacial score (nSPS) is 10.7. The SMILES string of the molecule is CCCN(c1nccc(C)c1N)C(C)C. The van der Waals surface area contributed by atoms with Crippen LogP contribution in [0.15, 0.2) is 12.3 Å². The van der Waals surface area contributed by atoms with E-state index in [1.165, 1.54) is 0 Å². The first kappa shape index (κ1) is 11.8. The predicted molar refractivity (Wildman–Crippen MR) is 66.2 cm³/mol. The number of nitrogens with two attached hydrogens (primary N) is 1. The third-order valence-electron chi connectivity index (χ3n) is 2.55. The van der Waals surface area contributed by atoms with Crippen LogP contribution in [0.2, 0.25) is 0 Å². The molecular weight excluding hydrogens is 186 g/mol. The third-order valence-corrected chi connectivity index (χ3v) is 2.55. The molecule has 15 heavy (non-hydrogen) atoms.